The van der Waals surface area contributed by atoms with Gasteiger partial charge >= 0.3 is 10.2 Å². The van der Waals surface area contributed by atoms with Crippen molar-refractivity contribution < 1.29 is 50.6 Å². The average Bonchev–Trinajstić information content (AvgIpc) is 4.26. The highest BCUT2D eigenvalue weighted by Gasteiger charge is 2.45. The van der Waals surface area contributed by atoms with E-state index in [1.807, 2.05) is 88.0 Å². The van der Waals surface area contributed by atoms with E-state index in [2.05, 4.69) is 30.5 Å². The third kappa shape index (κ3) is 12.4. The molecule has 3 aromatic carbocycles. The minimum Gasteiger partial charge on any atom is -0.391 e. The van der Waals surface area contributed by atoms with Crippen molar-refractivity contribution in [2.75, 3.05) is 44.6 Å². The summed E-state index contributed by atoms with van der Waals surface area (Å²) in [4.78, 5) is 71.0. The third-order valence-electron chi connectivity index (χ3n) is 14.7. The lowest BCUT2D eigenvalue weighted by atomic mass is 9.85. The van der Waals surface area contributed by atoms with Crippen LogP contribution in [0.15, 0.2) is 84.6 Å². The number of nitrogens with one attached hydrogen (secondary N) is 4. The van der Waals surface area contributed by atoms with Crippen LogP contribution in [0.3, 0.4) is 0 Å². The Morgan fingerprint density at radius 3 is 2.35 bits per heavy atom. The van der Waals surface area contributed by atoms with Crippen LogP contribution < -0.4 is 15.4 Å². The molecule has 2 aliphatic heterocycles. The number of benzene rings is 3. The minimum absolute atomic E-state index is 0.0109. The zero-order valence-electron chi connectivity index (χ0n) is 43.3. The van der Waals surface area contributed by atoms with Crippen molar-refractivity contribution >= 4 is 61.8 Å². The first kappa shape index (κ1) is 55.2. The van der Waals surface area contributed by atoms with Crippen LogP contribution in [0.25, 0.3) is 32.6 Å². The number of aromatic amines is 1. The number of rotatable bonds is 19. The molecule has 0 bridgehead atoms. The van der Waals surface area contributed by atoms with Crippen LogP contribution in [0.2, 0.25) is 0 Å². The Morgan fingerprint density at radius 2 is 1.68 bits per heavy atom. The first-order chi connectivity index (χ1) is 36.6. The summed E-state index contributed by atoms with van der Waals surface area (Å²) in [6, 6.07) is 17.3. The number of H-pyrrole nitrogens is 1. The molecule has 1 saturated carbocycles. The molecule has 6 aromatic rings. The fourth-order valence-electron chi connectivity index (χ4n) is 9.99. The summed E-state index contributed by atoms with van der Waals surface area (Å²) >= 11 is 1.56. The van der Waals surface area contributed by atoms with Gasteiger partial charge in [-0.15, -0.1) is 11.3 Å². The topological polar surface area (TPSA) is 219 Å². The van der Waals surface area contributed by atoms with Crippen LogP contribution in [-0.2, 0) is 42.3 Å². The first-order valence-corrected chi connectivity index (χ1v) is 27.8. The van der Waals surface area contributed by atoms with E-state index in [4.69, 9.17) is 4.74 Å². The predicted octanol–water partition coefficient (Wildman–Crippen LogP) is 6.70. The Kier molecular flexibility index (Phi) is 16.3. The van der Waals surface area contributed by atoms with E-state index in [-0.39, 0.29) is 62.7 Å². The highest BCUT2D eigenvalue weighted by molar-refractivity contribution is 7.90. The third-order valence-corrected chi connectivity index (χ3v) is 17.1. The zero-order valence-corrected chi connectivity index (χ0v) is 44.9. The van der Waals surface area contributed by atoms with Gasteiger partial charge in [0, 0.05) is 74.1 Å². The molecular formula is C55H62F3N9O8S2. The number of hydrogen-bond donors (Lipinski definition) is 5. The molecule has 5 N–H and O–H groups in total. The molecule has 1 aliphatic carbocycles. The highest BCUT2D eigenvalue weighted by atomic mass is 32.2. The SMILES string of the molecule is Cc1ncsc1-c1ccc(CNC(=O)[C@@H]2C[C@@H](O)CN2C(=O)[C@@H](NC(=O)CO[C@H]2C[C@H](N(C)CCc3ccc(-c4cnc5[nH]cc(C(=O)c6c(F)ccc(NS(=O)(=O)N7CC[C@@H](F)C7)c6F)c5c4)cc3)C2)C(C)(C)C)cc1. The summed E-state index contributed by atoms with van der Waals surface area (Å²) in [7, 11) is -2.34. The summed E-state index contributed by atoms with van der Waals surface area (Å²) in [5.41, 5.74) is 5.05. The van der Waals surface area contributed by atoms with E-state index in [0.717, 1.165) is 62.2 Å². The quantitative estimate of drug-likeness (QED) is 0.0538. The van der Waals surface area contributed by atoms with Gasteiger partial charge in [-0.3, -0.25) is 23.9 Å². The van der Waals surface area contributed by atoms with E-state index in [1.54, 1.807) is 29.1 Å². The fourth-order valence-corrected chi connectivity index (χ4v) is 12.1. The van der Waals surface area contributed by atoms with Crippen molar-refractivity contribution in [3.05, 3.63) is 124 Å². The van der Waals surface area contributed by atoms with E-state index < -0.39 is 87.0 Å². The molecule has 0 unspecified atom stereocenters. The number of β-amino-alcohol motifs (C(OH)–C–C–N with tert-alkyl or cyclic N) is 1. The second-order valence-corrected chi connectivity index (χ2v) is 23.7. The van der Waals surface area contributed by atoms with E-state index in [1.165, 1.54) is 11.1 Å². The average molecular weight is 1100 g/mol. The van der Waals surface area contributed by atoms with Gasteiger partial charge in [0.1, 0.15) is 36.3 Å². The number of ether oxygens (including phenoxy) is 1. The number of hydrogen-bond acceptors (Lipinski definition) is 12. The number of halogens is 3. The van der Waals surface area contributed by atoms with Crippen LogP contribution in [-0.4, -0.2) is 142 Å². The number of aliphatic hydroxyl groups is 1. The van der Waals surface area contributed by atoms with Crippen LogP contribution in [0.5, 0.6) is 0 Å². The second-order valence-electron chi connectivity index (χ2n) is 21.2. The molecule has 17 nitrogen and oxygen atoms in total. The van der Waals surface area contributed by atoms with Gasteiger partial charge in [-0.1, -0.05) is 69.3 Å². The summed E-state index contributed by atoms with van der Waals surface area (Å²) in [5.74, 6) is -4.91. The van der Waals surface area contributed by atoms with Gasteiger partial charge in [-0.25, -0.2) is 23.1 Å². The van der Waals surface area contributed by atoms with E-state index in [0.29, 0.717) is 29.4 Å². The van der Waals surface area contributed by atoms with Gasteiger partial charge in [0.25, 0.3) is 0 Å². The number of likely N-dealkylation sites (tertiary alicyclic amines) is 1. The lowest BCUT2D eigenvalue weighted by Crippen LogP contribution is -2.58. The van der Waals surface area contributed by atoms with Gasteiger partial charge < -0.3 is 35.3 Å². The maximum Gasteiger partial charge on any atom is 0.301 e. The number of alkyl halides is 1. The maximum absolute atomic E-state index is 15.8. The highest BCUT2D eigenvalue weighted by Crippen LogP contribution is 2.33. The number of nitrogens with zero attached hydrogens (tertiary/aromatic N) is 5. The molecule has 4 atom stereocenters. The number of fused-ring (bicyclic) bond motifs is 1. The monoisotopic (exact) mass is 1100 g/mol. The normalized spacial score (nSPS) is 20.3. The Morgan fingerprint density at radius 1 is 0.961 bits per heavy atom. The smallest absolute Gasteiger partial charge is 0.301 e. The Bertz CT molecular complexity index is 3270. The number of pyridine rings is 1. The number of amides is 3. The summed E-state index contributed by atoms with van der Waals surface area (Å²) in [5, 5.41) is 16.7. The molecule has 3 fully saturated rings. The number of ketones is 1. The molecule has 3 aliphatic rings. The molecule has 3 aromatic heterocycles. The number of aryl methyl sites for hydroxylation is 1. The molecule has 408 valence electrons. The number of carbonyl (C=O) groups is 4. The number of likely N-dealkylation sites (N-methyl/N-ethyl adjacent to an activating group) is 1. The number of anilines is 1. The Hall–Kier alpha value is -6.56. The molecule has 5 heterocycles. The molecule has 2 saturated heterocycles. The molecule has 77 heavy (non-hydrogen) atoms. The predicted molar refractivity (Wildman–Crippen MR) is 286 cm³/mol. The zero-order chi connectivity index (χ0) is 54.9. The lowest BCUT2D eigenvalue weighted by Gasteiger charge is -2.41. The largest absolute Gasteiger partial charge is 0.391 e. The second kappa shape index (κ2) is 22.8. The fraction of sp³-hybridized carbons (Fsp3) is 0.418. The van der Waals surface area contributed by atoms with Crippen LogP contribution >= 0.6 is 11.3 Å². The van der Waals surface area contributed by atoms with Gasteiger partial charge in [0.2, 0.25) is 23.5 Å². The number of carbonyl (C=O) groups excluding carboxylic acids is 4. The van der Waals surface area contributed by atoms with Crippen molar-refractivity contribution in [2.24, 2.45) is 5.41 Å². The standard InChI is InChI=1S/C55H62F3N9O8S2/c1-31-50(76-30-62-31)35-12-8-33(9-13-35)24-61-53(71)45-23-39(68)28-67(45)54(72)51(55(2,3)4)63-46(69)29-75-40-21-38(22-40)65(5)18-16-32-6-10-34(11-7-32)36-20-41-42(26-60-52(41)59-25-36)49(70)47-43(57)14-15-44(48(47)58)64-77(73,74)66-19-17-37(56)27-66/h6-15,20,25-26,30,37-40,45,51,64,68H,16-19,21-24,27-29H2,1-5H3,(H,59,60)(H,61,71)(H,63,69)/t37-,38-,39-,40-,45+,51-/m1/s1. The Labute approximate surface area is 448 Å². The molecular weight excluding hydrogens is 1040 g/mol. The lowest BCUT2D eigenvalue weighted by molar-refractivity contribution is -0.145. The summed E-state index contributed by atoms with van der Waals surface area (Å²) in [6.45, 7) is 7.65. The van der Waals surface area contributed by atoms with Crippen LogP contribution in [0, 0.1) is 24.0 Å². The van der Waals surface area contributed by atoms with Crippen molar-refractivity contribution in [1.82, 2.24) is 39.7 Å². The van der Waals surface area contributed by atoms with Gasteiger partial charge in [-0.05, 0) is 85.5 Å². The van der Waals surface area contributed by atoms with Crippen molar-refractivity contribution in [2.45, 2.75) is 103 Å². The maximum atomic E-state index is 15.8. The van der Waals surface area contributed by atoms with E-state index >= 15 is 8.78 Å². The number of thiazole rings is 1. The molecule has 9 rings (SSSR count). The van der Waals surface area contributed by atoms with Gasteiger partial charge in [0.15, 0.2) is 5.82 Å². The van der Waals surface area contributed by atoms with Crippen molar-refractivity contribution in [3.8, 4) is 21.6 Å². The van der Waals surface area contributed by atoms with Crippen molar-refractivity contribution in [1.29, 1.82) is 0 Å². The minimum atomic E-state index is -4.38. The number of aromatic nitrogens is 3. The summed E-state index contributed by atoms with van der Waals surface area (Å²) < 4.78 is 79.2. The van der Waals surface area contributed by atoms with Crippen LogP contribution in [0.4, 0.5) is 18.9 Å². The van der Waals surface area contributed by atoms with E-state index in [9.17, 15) is 37.1 Å². The number of aliphatic hydroxyl groups excluding tert-OH is 1. The summed E-state index contributed by atoms with van der Waals surface area (Å²) in [6.07, 6.45) is 2.73. The Balaban J connectivity index is 0.734. The van der Waals surface area contributed by atoms with Gasteiger partial charge in [0.05, 0.1) is 39.5 Å². The molecule has 3 amide bonds. The first-order valence-electron chi connectivity index (χ1n) is 25.5. The molecule has 0 radical (unpaired) electrons. The van der Waals surface area contributed by atoms with Gasteiger partial charge in [-0.2, -0.15) is 12.7 Å². The van der Waals surface area contributed by atoms with Crippen molar-refractivity contribution in [3.63, 3.8) is 0 Å². The molecule has 22 heteroatoms. The molecule has 0 spiro atoms. The van der Waals surface area contributed by atoms with Crippen LogP contribution in [0.1, 0.15) is 79.2 Å².